The van der Waals surface area contributed by atoms with E-state index in [1.165, 1.54) is 0 Å². The third-order valence-corrected chi connectivity index (χ3v) is 22.8. The number of benzene rings is 5. The summed E-state index contributed by atoms with van der Waals surface area (Å²) in [5.74, 6) is 0.788. The van der Waals surface area contributed by atoms with Crippen molar-refractivity contribution in [3.8, 4) is 0 Å². The maximum atomic E-state index is 5.82. The van der Waals surface area contributed by atoms with Gasteiger partial charge in [-0.3, -0.25) is 0 Å². The fraction of sp³-hybridized carbons (Fsp3) is 0. The predicted molar refractivity (Wildman–Crippen MR) is 181 cm³/mol. The van der Waals surface area contributed by atoms with Gasteiger partial charge in [-0.1, -0.05) is 103 Å². The van der Waals surface area contributed by atoms with E-state index in [1.54, 1.807) is 45.5 Å². The molecule has 0 fully saturated rings. The highest BCUT2D eigenvalue weighted by molar-refractivity contribution is 8.95. The predicted octanol–water partition coefficient (Wildman–Crippen LogP) is 12.5. The van der Waals surface area contributed by atoms with Crippen LogP contribution >= 0.6 is 56.7 Å². The first-order valence-corrected chi connectivity index (χ1v) is 21.7. The van der Waals surface area contributed by atoms with E-state index in [0.717, 1.165) is 31.0 Å². The Morgan fingerprint density at radius 2 is 0.700 bits per heavy atom. The van der Waals surface area contributed by atoms with E-state index in [4.69, 9.17) is 14.0 Å². The van der Waals surface area contributed by atoms with Crippen LogP contribution < -0.4 is 0 Å². The average Bonchev–Trinajstić information content (AvgIpc) is 2.99. The second kappa shape index (κ2) is 13.1. The lowest BCUT2D eigenvalue weighted by Crippen LogP contribution is -1.98. The summed E-state index contributed by atoms with van der Waals surface area (Å²) in [5, 5.41) is 0. The Morgan fingerprint density at radius 3 is 1.07 bits per heavy atom. The largest absolute Gasteiger partial charge is 0.204 e. The Bertz CT molecular complexity index is 1520. The zero-order valence-corrected chi connectivity index (χ0v) is 26.4. The van der Waals surface area contributed by atoms with Crippen LogP contribution in [0.25, 0.3) is 0 Å². The molecule has 0 radical (unpaired) electrons. The van der Waals surface area contributed by atoms with Gasteiger partial charge in [0.1, 0.15) is 0 Å². The summed E-state index contributed by atoms with van der Waals surface area (Å²) in [4.78, 5) is 4.64. The van der Waals surface area contributed by atoms with E-state index in [1.807, 2.05) is 6.07 Å². The minimum Gasteiger partial charge on any atom is -0.204 e. The topological polar surface area (TPSA) is 37.1 Å². The Hall–Kier alpha value is -2.37. The fourth-order valence-electron chi connectivity index (χ4n) is 3.81. The molecule has 1 aliphatic heterocycles. The van der Waals surface area contributed by atoms with Crippen LogP contribution in [-0.2, 0) is 0 Å². The van der Waals surface area contributed by atoms with Crippen molar-refractivity contribution < 1.29 is 0 Å². The Balaban J connectivity index is 1.61. The average molecular weight is 630 g/mol. The molecular formula is C31H25N3P2S4. The molecule has 0 N–H and O–H groups in total. The first kappa shape index (κ1) is 27.8. The molecule has 1 heterocycles. The molecule has 1 aliphatic rings. The maximum Gasteiger partial charge on any atom is 0.200 e. The van der Waals surface area contributed by atoms with E-state index in [2.05, 4.69) is 146 Å². The van der Waals surface area contributed by atoms with Gasteiger partial charge in [0.15, 0.2) is 17.1 Å². The highest BCUT2D eigenvalue weighted by Gasteiger charge is 2.36. The highest BCUT2D eigenvalue weighted by atomic mass is 33.1. The summed E-state index contributed by atoms with van der Waals surface area (Å²) in [6.07, 6.45) is 0. The van der Waals surface area contributed by atoms with Gasteiger partial charge in [-0.2, -0.15) is 0 Å². The molecule has 3 nitrogen and oxygen atoms in total. The Kier molecular flexibility index (Phi) is 9.08. The van der Waals surface area contributed by atoms with Gasteiger partial charge in [0.05, 0.1) is 0 Å². The molecule has 0 saturated heterocycles. The highest BCUT2D eigenvalue weighted by Crippen LogP contribution is 2.89. The third kappa shape index (κ3) is 7.09. The smallest absolute Gasteiger partial charge is 0.200 e. The van der Waals surface area contributed by atoms with E-state index in [0.29, 0.717) is 0 Å². The molecule has 9 heteroatoms. The maximum absolute atomic E-state index is 5.82. The molecule has 40 heavy (non-hydrogen) atoms. The number of hydrogen-bond donors (Lipinski definition) is 0. The fourth-order valence-corrected chi connectivity index (χ4v) is 26.1. The van der Waals surface area contributed by atoms with Crippen LogP contribution in [0.4, 0.5) is 0 Å². The van der Waals surface area contributed by atoms with Gasteiger partial charge in [0, 0.05) is 25.1 Å². The molecule has 0 amide bonds. The number of nitrogens with zero attached hydrogens (tertiary/aromatic N) is 3. The van der Waals surface area contributed by atoms with Crippen LogP contribution in [-0.4, -0.2) is 5.84 Å². The Morgan fingerprint density at radius 1 is 0.375 bits per heavy atom. The van der Waals surface area contributed by atoms with Crippen molar-refractivity contribution in [3.63, 3.8) is 0 Å². The molecule has 6 rings (SSSR count). The van der Waals surface area contributed by atoms with Crippen molar-refractivity contribution in [1.29, 1.82) is 0 Å². The van der Waals surface area contributed by atoms with E-state index in [-0.39, 0.29) is 0 Å². The molecule has 5 aromatic rings. The first-order chi connectivity index (χ1) is 19.7. The molecule has 0 saturated carbocycles. The summed E-state index contributed by atoms with van der Waals surface area (Å²) in [7, 11) is 0. The molecule has 0 bridgehead atoms. The summed E-state index contributed by atoms with van der Waals surface area (Å²) in [6.45, 7) is 0. The van der Waals surface area contributed by atoms with Gasteiger partial charge < -0.3 is 0 Å². The number of hydrogen-bond acceptors (Lipinski definition) is 7. The minimum atomic E-state index is -2.49. The lowest BCUT2D eigenvalue weighted by molar-refractivity contribution is 1.47. The third-order valence-electron chi connectivity index (χ3n) is 5.57. The van der Waals surface area contributed by atoms with Crippen LogP contribution in [0.3, 0.4) is 0 Å². The zero-order chi connectivity index (χ0) is 27.1. The van der Waals surface area contributed by atoms with E-state index in [9.17, 15) is 0 Å². The minimum absolute atomic E-state index is 0.788. The van der Waals surface area contributed by atoms with Crippen LogP contribution in [0.1, 0.15) is 5.56 Å². The molecule has 0 atom stereocenters. The van der Waals surface area contributed by atoms with Crippen molar-refractivity contribution in [2.75, 3.05) is 0 Å². The molecule has 0 aromatic heterocycles. The molecular weight excluding hydrogens is 605 g/mol. The van der Waals surface area contributed by atoms with Crippen molar-refractivity contribution in [1.82, 2.24) is 0 Å². The first-order valence-electron chi connectivity index (χ1n) is 12.6. The van der Waals surface area contributed by atoms with Gasteiger partial charge in [-0.05, 0) is 94.1 Å². The zero-order valence-electron chi connectivity index (χ0n) is 21.3. The van der Waals surface area contributed by atoms with Crippen LogP contribution in [0.5, 0.6) is 0 Å². The van der Waals surface area contributed by atoms with Crippen LogP contribution in [0.15, 0.2) is 185 Å². The quantitative estimate of drug-likeness (QED) is 0.152. The Labute approximate surface area is 251 Å². The molecule has 0 aliphatic carbocycles. The normalized spacial score (nSPS) is 15.3. The van der Waals surface area contributed by atoms with Crippen molar-refractivity contribution in [2.24, 2.45) is 14.0 Å². The standard InChI is InChI=1S/C31H25N3P2S4/c1-6-16-26(17-7-1)31-32-35(37-27-18-8-2-9-19-27,38-28-20-10-3-11-21-28)34-36(33-31,39-29-22-12-4-13-23-29)40-30-24-14-5-15-25-30/h1-25H. The molecule has 198 valence electrons. The lowest BCUT2D eigenvalue weighted by Gasteiger charge is -2.29. The number of amidine groups is 1. The summed E-state index contributed by atoms with van der Waals surface area (Å²) < 4.78 is 16.8. The monoisotopic (exact) mass is 629 g/mol. The lowest BCUT2D eigenvalue weighted by atomic mass is 10.2. The van der Waals surface area contributed by atoms with E-state index < -0.39 is 11.2 Å². The van der Waals surface area contributed by atoms with Gasteiger partial charge in [-0.25, -0.2) is 14.0 Å². The van der Waals surface area contributed by atoms with Crippen molar-refractivity contribution in [3.05, 3.63) is 157 Å². The summed E-state index contributed by atoms with van der Waals surface area (Å²) in [6, 6.07) is 52.5. The van der Waals surface area contributed by atoms with Crippen LogP contribution in [0.2, 0.25) is 0 Å². The molecule has 0 spiro atoms. The second-order valence-corrected chi connectivity index (χ2v) is 24.0. The molecule has 5 aromatic carbocycles. The van der Waals surface area contributed by atoms with E-state index >= 15 is 0 Å². The SMILES string of the molecule is c1ccc(SP2(Sc3ccccc3)=NC(c3ccccc3)=NP(Sc3ccccc3)(Sc3ccccc3)=N2)cc1. The second-order valence-electron chi connectivity index (χ2n) is 8.58. The summed E-state index contributed by atoms with van der Waals surface area (Å²) >= 11 is 7.16. The van der Waals surface area contributed by atoms with Gasteiger partial charge >= 0.3 is 0 Å². The van der Waals surface area contributed by atoms with Gasteiger partial charge in [0.2, 0.25) is 0 Å². The molecule has 0 unspecified atom stereocenters. The van der Waals surface area contributed by atoms with Gasteiger partial charge in [-0.15, -0.1) is 0 Å². The number of rotatable bonds is 9. The van der Waals surface area contributed by atoms with Crippen molar-refractivity contribution in [2.45, 2.75) is 19.6 Å². The van der Waals surface area contributed by atoms with Crippen molar-refractivity contribution >= 4 is 62.6 Å². The van der Waals surface area contributed by atoms with Gasteiger partial charge in [0.25, 0.3) is 0 Å². The summed E-state index contributed by atoms with van der Waals surface area (Å²) in [5.41, 5.74) is -3.96. The van der Waals surface area contributed by atoms with Crippen LogP contribution in [0, 0.1) is 0 Å².